The summed E-state index contributed by atoms with van der Waals surface area (Å²) in [6.07, 6.45) is 37.9. The Morgan fingerprint density at radius 3 is 1.45 bits per heavy atom. The van der Waals surface area contributed by atoms with E-state index in [2.05, 4.69) is 31.3 Å². The molecule has 7 atom stereocenters. The van der Waals surface area contributed by atoms with Crippen LogP contribution in [0.4, 0.5) is 0 Å². The Hall–Kier alpha value is -1.33. The summed E-state index contributed by atoms with van der Waals surface area (Å²) >= 11 is 0. The molecule has 0 aromatic carbocycles. The molecule has 6 N–H and O–H groups in total. The Morgan fingerprint density at radius 1 is 0.589 bits per heavy atom. The minimum Gasteiger partial charge on any atom is -0.394 e. The lowest BCUT2D eigenvalue weighted by Crippen LogP contribution is -2.60. The van der Waals surface area contributed by atoms with Gasteiger partial charge < -0.3 is 40.3 Å². The highest BCUT2D eigenvalue weighted by Gasteiger charge is 2.44. The van der Waals surface area contributed by atoms with Crippen molar-refractivity contribution in [1.29, 1.82) is 0 Å². The fourth-order valence-corrected chi connectivity index (χ4v) is 7.44. The van der Waals surface area contributed by atoms with Gasteiger partial charge in [0, 0.05) is 6.42 Å². The molecule has 9 heteroatoms. The van der Waals surface area contributed by atoms with Gasteiger partial charge in [-0.1, -0.05) is 186 Å². The third-order valence-corrected chi connectivity index (χ3v) is 11.3. The van der Waals surface area contributed by atoms with Gasteiger partial charge in [0.15, 0.2) is 6.29 Å². The van der Waals surface area contributed by atoms with Crippen molar-refractivity contribution in [3.05, 3.63) is 24.3 Å². The van der Waals surface area contributed by atoms with E-state index in [1.165, 1.54) is 154 Å². The number of hydrogen-bond acceptors (Lipinski definition) is 8. The number of nitrogens with one attached hydrogen (secondary N) is 1. The molecule has 7 unspecified atom stereocenters. The zero-order valence-corrected chi connectivity index (χ0v) is 36.1. The topological polar surface area (TPSA) is 149 Å². The number of ether oxygens (including phenoxy) is 2. The van der Waals surface area contributed by atoms with Crippen molar-refractivity contribution < 1.29 is 39.8 Å². The summed E-state index contributed by atoms with van der Waals surface area (Å²) in [5.74, 6) is -0.181. The summed E-state index contributed by atoms with van der Waals surface area (Å²) in [5.41, 5.74) is 0. The monoisotopic (exact) mass is 796 g/mol. The van der Waals surface area contributed by atoms with Crippen LogP contribution in [0.25, 0.3) is 0 Å². The van der Waals surface area contributed by atoms with Crippen LogP contribution in [0.2, 0.25) is 0 Å². The van der Waals surface area contributed by atoms with E-state index < -0.39 is 49.5 Å². The minimum absolute atomic E-state index is 0.181. The van der Waals surface area contributed by atoms with Crippen molar-refractivity contribution in [2.45, 2.75) is 256 Å². The standard InChI is InChI=1S/C47H89NO8/c1-3-5-7-9-11-13-15-17-18-19-20-21-22-23-25-27-29-31-33-35-37-43(51)48-40(39-55-47-46(54)45(53)44(52)42(38-49)56-47)41(50)36-34-32-30-28-26-24-16-14-12-10-8-6-4-2/h20-21,34,36,40-42,44-47,49-50,52-54H,3-19,22-33,35,37-39H2,1-2H3,(H,48,51)/b21-20-,36-34+. The van der Waals surface area contributed by atoms with Crippen molar-refractivity contribution in [2.24, 2.45) is 0 Å². The average molecular weight is 796 g/mol. The van der Waals surface area contributed by atoms with Crippen LogP contribution in [-0.4, -0.2) is 87.5 Å². The molecular weight excluding hydrogens is 707 g/mol. The molecule has 1 aliphatic rings. The van der Waals surface area contributed by atoms with Crippen LogP contribution < -0.4 is 5.32 Å². The lowest BCUT2D eigenvalue weighted by atomic mass is 9.99. The van der Waals surface area contributed by atoms with Gasteiger partial charge in [0.2, 0.25) is 5.91 Å². The third kappa shape index (κ3) is 28.2. The first-order valence-corrected chi connectivity index (χ1v) is 23.6. The molecule has 0 spiro atoms. The predicted octanol–water partition coefficient (Wildman–Crippen LogP) is 9.89. The molecule has 1 saturated heterocycles. The van der Waals surface area contributed by atoms with Crippen molar-refractivity contribution in [3.8, 4) is 0 Å². The molecule has 330 valence electrons. The van der Waals surface area contributed by atoms with Gasteiger partial charge >= 0.3 is 0 Å². The second-order valence-electron chi connectivity index (χ2n) is 16.5. The van der Waals surface area contributed by atoms with Crippen LogP contribution in [0.15, 0.2) is 24.3 Å². The van der Waals surface area contributed by atoms with Gasteiger partial charge in [0.25, 0.3) is 0 Å². The third-order valence-electron chi connectivity index (χ3n) is 11.3. The number of rotatable bonds is 39. The number of carbonyl (C=O) groups excluding carboxylic acids is 1. The second-order valence-corrected chi connectivity index (χ2v) is 16.5. The van der Waals surface area contributed by atoms with E-state index in [4.69, 9.17) is 9.47 Å². The first-order chi connectivity index (χ1) is 27.3. The lowest BCUT2D eigenvalue weighted by molar-refractivity contribution is -0.302. The Morgan fingerprint density at radius 2 is 1.00 bits per heavy atom. The van der Waals surface area contributed by atoms with Crippen LogP contribution in [0.1, 0.15) is 213 Å². The molecule has 1 amide bonds. The number of allylic oxidation sites excluding steroid dienone is 3. The lowest BCUT2D eigenvalue weighted by Gasteiger charge is -2.40. The highest BCUT2D eigenvalue weighted by molar-refractivity contribution is 5.76. The van der Waals surface area contributed by atoms with E-state index >= 15 is 0 Å². The molecule has 0 aromatic rings. The summed E-state index contributed by atoms with van der Waals surface area (Å²) in [6.45, 7) is 3.77. The number of unbranched alkanes of at least 4 members (excludes halogenated alkanes) is 27. The van der Waals surface area contributed by atoms with Gasteiger partial charge in [0.1, 0.15) is 24.4 Å². The molecule has 0 aliphatic carbocycles. The van der Waals surface area contributed by atoms with Crippen LogP contribution in [0.5, 0.6) is 0 Å². The van der Waals surface area contributed by atoms with Crippen LogP contribution in [0, 0.1) is 0 Å². The fourth-order valence-electron chi connectivity index (χ4n) is 7.44. The van der Waals surface area contributed by atoms with Crippen molar-refractivity contribution in [3.63, 3.8) is 0 Å². The van der Waals surface area contributed by atoms with Gasteiger partial charge in [-0.2, -0.15) is 0 Å². The van der Waals surface area contributed by atoms with Gasteiger partial charge in [-0.3, -0.25) is 4.79 Å². The largest absolute Gasteiger partial charge is 0.394 e. The minimum atomic E-state index is -1.56. The zero-order chi connectivity index (χ0) is 40.9. The SMILES string of the molecule is CCCCCCCCCCC/C=C\CCCCCCCCCC(=O)NC(COC1OC(CO)C(O)C(O)C1O)C(O)/C=C/CCCCCCCCCCCCC. The van der Waals surface area contributed by atoms with Gasteiger partial charge in [-0.25, -0.2) is 0 Å². The number of amides is 1. The fraction of sp³-hybridized carbons (Fsp3) is 0.894. The second kappa shape index (κ2) is 37.9. The first-order valence-electron chi connectivity index (χ1n) is 23.6. The van der Waals surface area contributed by atoms with E-state index in [1.54, 1.807) is 6.08 Å². The average Bonchev–Trinajstić information content (AvgIpc) is 3.20. The first kappa shape index (κ1) is 52.7. The molecule has 1 heterocycles. The van der Waals surface area contributed by atoms with Crippen molar-refractivity contribution in [1.82, 2.24) is 5.32 Å². The molecule has 0 aromatic heterocycles. The molecule has 9 nitrogen and oxygen atoms in total. The number of aliphatic hydroxyl groups is 5. The maximum Gasteiger partial charge on any atom is 0.220 e. The van der Waals surface area contributed by atoms with E-state index in [0.29, 0.717) is 6.42 Å². The maximum atomic E-state index is 13.0. The Kier molecular flexibility index (Phi) is 35.7. The van der Waals surface area contributed by atoms with Gasteiger partial charge in [-0.15, -0.1) is 0 Å². The highest BCUT2D eigenvalue weighted by atomic mass is 16.7. The van der Waals surface area contributed by atoms with Crippen LogP contribution >= 0.6 is 0 Å². The molecule has 1 aliphatic heterocycles. The molecule has 0 bridgehead atoms. The molecular formula is C47H89NO8. The summed E-state index contributed by atoms with van der Waals surface area (Å²) in [7, 11) is 0. The molecule has 56 heavy (non-hydrogen) atoms. The summed E-state index contributed by atoms with van der Waals surface area (Å²) in [4.78, 5) is 13.0. The normalized spacial score (nSPS) is 21.3. The maximum absolute atomic E-state index is 13.0. The van der Waals surface area contributed by atoms with Gasteiger partial charge in [0.05, 0.1) is 25.4 Å². The molecule has 0 radical (unpaired) electrons. The van der Waals surface area contributed by atoms with Crippen molar-refractivity contribution >= 4 is 5.91 Å². The molecule has 1 rings (SSSR count). The number of hydrogen-bond donors (Lipinski definition) is 6. The molecule has 0 saturated carbocycles. The zero-order valence-electron chi connectivity index (χ0n) is 36.1. The Labute approximate surface area is 343 Å². The van der Waals surface area contributed by atoms with E-state index in [9.17, 15) is 30.3 Å². The van der Waals surface area contributed by atoms with E-state index in [-0.39, 0.29) is 12.5 Å². The quantitative estimate of drug-likeness (QED) is 0.0266. The van der Waals surface area contributed by atoms with E-state index in [1.807, 2.05) is 6.08 Å². The predicted molar refractivity (Wildman–Crippen MR) is 230 cm³/mol. The number of carbonyl (C=O) groups is 1. The van der Waals surface area contributed by atoms with E-state index in [0.717, 1.165) is 38.5 Å². The summed E-state index contributed by atoms with van der Waals surface area (Å²) in [6, 6.07) is -0.803. The van der Waals surface area contributed by atoms with Crippen LogP contribution in [-0.2, 0) is 14.3 Å². The highest BCUT2D eigenvalue weighted by Crippen LogP contribution is 2.23. The summed E-state index contributed by atoms with van der Waals surface area (Å²) < 4.78 is 11.2. The Bertz CT molecular complexity index is 930. The number of aliphatic hydroxyl groups excluding tert-OH is 5. The Balaban J connectivity index is 2.32. The van der Waals surface area contributed by atoms with Crippen molar-refractivity contribution in [2.75, 3.05) is 13.2 Å². The smallest absolute Gasteiger partial charge is 0.220 e. The molecule has 1 fully saturated rings. The van der Waals surface area contributed by atoms with Crippen LogP contribution in [0.3, 0.4) is 0 Å². The summed E-state index contributed by atoms with van der Waals surface area (Å²) in [5, 5.41) is 54.2. The van der Waals surface area contributed by atoms with Gasteiger partial charge in [-0.05, 0) is 44.9 Å².